The van der Waals surface area contributed by atoms with E-state index in [4.69, 9.17) is 4.74 Å². The number of carbonyl (C=O) groups is 1. The number of nitrogens with zero attached hydrogens (tertiary/aromatic N) is 2. The normalized spacial score (nSPS) is 19.1. The Morgan fingerprint density at radius 3 is 2.73 bits per heavy atom. The molecule has 0 aliphatic heterocycles. The highest BCUT2D eigenvalue weighted by atomic mass is 79.9. The van der Waals surface area contributed by atoms with Crippen molar-refractivity contribution >= 4 is 21.9 Å². The smallest absolute Gasteiger partial charge is 0.333 e. The molecule has 1 heterocycles. The van der Waals surface area contributed by atoms with Crippen molar-refractivity contribution in [1.29, 1.82) is 0 Å². The monoisotopic (exact) mass is 272 g/mol. The predicted octanol–water partition coefficient (Wildman–Crippen LogP) is 2.09. The molecule has 0 N–H and O–H groups in total. The first-order chi connectivity index (χ1) is 7.19. The van der Waals surface area contributed by atoms with Gasteiger partial charge >= 0.3 is 5.97 Å². The Bertz CT molecular complexity index is 369. The Balaban J connectivity index is 2.38. The maximum atomic E-state index is 11.8. The van der Waals surface area contributed by atoms with E-state index in [0.717, 1.165) is 30.2 Å². The number of methoxy groups -OCH3 is 1. The Morgan fingerprint density at radius 2 is 2.27 bits per heavy atom. The van der Waals surface area contributed by atoms with Gasteiger partial charge in [-0.1, -0.05) is 12.8 Å². The van der Waals surface area contributed by atoms with E-state index >= 15 is 0 Å². The lowest BCUT2D eigenvalue weighted by Crippen LogP contribution is -2.40. The third-order valence-electron chi connectivity index (χ3n) is 2.99. The van der Waals surface area contributed by atoms with Crippen LogP contribution < -0.4 is 0 Å². The van der Waals surface area contributed by atoms with Crippen LogP contribution in [0.25, 0.3) is 0 Å². The van der Waals surface area contributed by atoms with Gasteiger partial charge in [0.25, 0.3) is 0 Å². The van der Waals surface area contributed by atoms with Gasteiger partial charge in [0, 0.05) is 6.20 Å². The fourth-order valence-electron chi connectivity index (χ4n) is 2.21. The standard InChI is InChI=1S/C10H13BrN2O2/c1-15-9(14)10(4-2-3-5-10)13-7-8(11)6-12-13/h6-7H,2-5H2,1H3. The molecule has 0 bridgehead atoms. The molecule has 1 aliphatic carbocycles. The number of esters is 1. The van der Waals surface area contributed by atoms with Crippen LogP contribution in [0, 0.1) is 0 Å². The van der Waals surface area contributed by atoms with Crippen molar-refractivity contribution in [1.82, 2.24) is 9.78 Å². The molecule has 0 radical (unpaired) electrons. The molecule has 1 fully saturated rings. The average Bonchev–Trinajstić information content (AvgIpc) is 2.85. The van der Waals surface area contributed by atoms with Crippen LogP contribution in [0.3, 0.4) is 0 Å². The van der Waals surface area contributed by atoms with Crippen LogP contribution in [-0.4, -0.2) is 22.9 Å². The zero-order chi connectivity index (χ0) is 10.9. The number of hydrogen-bond acceptors (Lipinski definition) is 3. The van der Waals surface area contributed by atoms with Crippen molar-refractivity contribution in [2.45, 2.75) is 31.2 Å². The second-order valence-corrected chi connectivity index (χ2v) is 4.75. The van der Waals surface area contributed by atoms with Gasteiger partial charge in [-0.25, -0.2) is 4.79 Å². The highest BCUT2D eigenvalue weighted by Crippen LogP contribution is 2.37. The summed E-state index contributed by atoms with van der Waals surface area (Å²) < 4.78 is 7.50. The molecule has 2 rings (SSSR count). The van der Waals surface area contributed by atoms with E-state index in [-0.39, 0.29) is 5.97 Å². The first-order valence-electron chi connectivity index (χ1n) is 4.98. The second-order valence-electron chi connectivity index (χ2n) is 3.83. The SMILES string of the molecule is COC(=O)C1(n2cc(Br)cn2)CCCC1. The lowest BCUT2D eigenvalue weighted by atomic mass is 9.98. The number of ether oxygens (including phenoxy) is 1. The minimum Gasteiger partial charge on any atom is -0.467 e. The summed E-state index contributed by atoms with van der Waals surface area (Å²) in [5.41, 5.74) is -0.569. The van der Waals surface area contributed by atoms with Gasteiger partial charge in [0.1, 0.15) is 0 Å². The molecule has 4 nitrogen and oxygen atoms in total. The molecule has 0 aromatic carbocycles. The first kappa shape index (κ1) is 10.7. The second kappa shape index (κ2) is 3.96. The molecule has 0 spiro atoms. The number of halogens is 1. The van der Waals surface area contributed by atoms with Crippen LogP contribution in [-0.2, 0) is 15.1 Å². The zero-order valence-electron chi connectivity index (χ0n) is 8.57. The third-order valence-corrected chi connectivity index (χ3v) is 3.40. The highest BCUT2D eigenvalue weighted by Gasteiger charge is 2.44. The molecule has 1 aromatic rings. The van der Waals surface area contributed by atoms with Crippen LogP contribution in [0.4, 0.5) is 0 Å². The quantitative estimate of drug-likeness (QED) is 0.775. The van der Waals surface area contributed by atoms with Crippen LogP contribution >= 0.6 is 15.9 Å². The molecule has 1 aliphatic rings. The van der Waals surface area contributed by atoms with E-state index in [2.05, 4.69) is 21.0 Å². The van der Waals surface area contributed by atoms with Gasteiger partial charge < -0.3 is 4.74 Å². The van der Waals surface area contributed by atoms with E-state index in [0.29, 0.717) is 0 Å². The van der Waals surface area contributed by atoms with Crippen LogP contribution in [0.5, 0.6) is 0 Å². The molecule has 5 heteroatoms. The number of carbonyl (C=O) groups excluding carboxylic acids is 1. The van der Waals surface area contributed by atoms with E-state index in [1.807, 2.05) is 6.20 Å². The molecule has 0 atom stereocenters. The summed E-state index contributed by atoms with van der Waals surface area (Å²) in [4.78, 5) is 11.8. The van der Waals surface area contributed by atoms with Gasteiger partial charge in [-0.2, -0.15) is 5.10 Å². The van der Waals surface area contributed by atoms with Crippen molar-refractivity contribution in [2.75, 3.05) is 7.11 Å². The Morgan fingerprint density at radius 1 is 1.60 bits per heavy atom. The zero-order valence-corrected chi connectivity index (χ0v) is 10.2. The molecule has 82 valence electrons. The Labute approximate surface area is 96.7 Å². The van der Waals surface area contributed by atoms with E-state index in [1.54, 1.807) is 10.9 Å². The van der Waals surface area contributed by atoms with E-state index in [9.17, 15) is 4.79 Å². The minimum atomic E-state index is -0.569. The van der Waals surface area contributed by atoms with Gasteiger partial charge in [-0.15, -0.1) is 0 Å². The Hall–Kier alpha value is -0.840. The maximum absolute atomic E-state index is 11.8. The topological polar surface area (TPSA) is 44.1 Å². The van der Waals surface area contributed by atoms with E-state index in [1.165, 1.54) is 7.11 Å². The van der Waals surface area contributed by atoms with Crippen LogP contribution in [0.2, 0.25) is 0 Å². The molecule has 1 aromatic heterocycles. The van der Waals surface area contributed by atoms with Crippen molar-refractivity contribution in [3.63, 3.8) is 0 Å². The lowest BCUT2D eigenvalue weighted by Gasteiger charge is -2.26. The summed E-state index contributed by atoms with van der Waals surface area (Å²) in [6, 6.07) is 0. The summed E-state index contributed by atoms with van der Waals surface area (Å²) in [6.45, 7) is 0. The molecule has 0 amide bonds. The van der Waals surface area contributed by atoms with Gasteiger partial charge in [0.05, 0.1) is 17.8 Å². The fraction of sp³-hybridized carbons (Fsp3) is 0.600. The summed E-state index contributed by atoms with van der Waals surface area (Å²) in [7, 11) is 1.43. The summed E-state index contributed by atoms with van der Waals surface area (Å²) in [5.74, 6) is -0.185. The van der Waals surface area contributed by atoms with Gasteiger partial charge in [0.2, 0.25) is 0 Å². The van der Waals surface area contributed by atoms with Gasteiger partial charge in [-0.3, -0.25) is 4.68 Å². The van der Waals surface area contributed by atoms with Crippen LogP contribution in [0.15, 0.2) is 16.9 Å². The van der Waals surface area contributed by atoms with Gasteiger partial charge in [0.15, 0.2) is 5.54 Å². The highest BCUT2D eigenvalue weighted by molar-refractivity contribution is 9.10. The van der Waals surface area contributed by atoms with Crippen molar-refractivity contribution in [3.8, 4) is 0 Å². The maximum Gasteiger partial charge on any atom is 0.333 e. The van der Waals surface area contributed by atoms with Crippen molar-refractivity contribution in [2.24, 2.45) is 0 Å². The number of rotatable bonds is 2. The summed E-state index contributed by atoms with van der Waals surface area (Å²) in [6.07, 6.45) is 7.26. The molecule has 15 heavy (non-hydrogen) atoms. The lowest BCUT2D eigenvalue weighted by molar-refractivity contribution is -0.151. The molecular formula is C10H13BrN2O2. The molecule has 0 unspecified atom stereocenters. The minimum absolute atomic E-state index is 0.185. The first-order valence-corrected chi connectivity index (χ1v) is 5.77. The van der Waals surface area contributed by atoms with E-state index < -0.39 is 5.54 Å². The third kappa shape index (κ3) is 1.69. The molecular weight excluding hydrogens is 260 g/mol. The predicted molar refractivity (Wildman–Crippen MR) is 58.4 cm³/mol. The number of hydrogen-bond donors (Lipinski definition) is 0. The van der Waals surface area contributed by atoms with Crippen LogP contribution in [0.1, 0.15) is 25.7 Å². The molecule has 0 saturated heterocycles. The van der Waals surface area contributed by atoms with Crippen molar-refractivity contribution < 1.29 is 9.53 Å². The largest absolute Gasteiger partial charge is 0.467 e. The summed E-state index contributed by atoms with van der Waals surface area (Å²) in [5, 5.41) is 4.21. The number of aromatic nitrogens is 2. The fourth-order valence-corrected chi connectivity index (χ4v) is 2.50. The average molecular weight is 273 g/mol. The van der Waals surface area contributed by atoms with Gasteiger partial charge in [-0.05, 0) is 28.8 Å². The summed E-state index contributed by atoms with van der Waals surface area (Å²) >= 11 is 3.34. The molecule has 1 saturated carbocycles. The van der Waals surface area contributed by atoms with Crippen molar-refractivity contribution in [3.05, 3.63) is 16.9 Å². The Kier molecular flexibility index (Phi) is 2.82.